The molecule has 17 heavy (non-hydrogen) atoms. The van der Waals surface area contributed by atoms with Crippen LogP contribution in [0, 0.1) is 6.92 Å². The number of halogens is 2. The number of carbonyl (C=O) groups is 1. The molecule has 0 unspecified atom stereocenters. The molecule has 0 radical (unpaired) electrons. The van der Waals surface area contributed by atoms with Crippen molar-refractivity contribution in [2.75, 3.05) is 0 Å². The van der Waals surface area contributed by atoms with Crippen LogP contribution in [0.5, 0.6) is 0 Å². The summed E-state index contributed by atoms with van der Waals surface area (Å²) in [6, 6.07) is 12.7. The van der Waals surface area contributed by atoms with Crippen molar-refractivity contribution in [1.82, 2.24) is 0 Å². The minimum Gasteiger partial charge on any atom is -0.289 e. The maximum atomic E-state index is 12.2. The second-order valence-electron chi connectivity index (χ2n) is 3.82. The van der Waals surface area contributed by atoms with Crippen LogP contribution in [-0.2, 0) is 0 Å². The lowest BCUT2D eigenvalue weighted by Crippen LogP contribution is -2.02. The summed E-state index contributed by atoms with van der Waals surface area (Å²) in [6.45, 7) is 1.99. The number of hydrogen-bond donors (Lipinski definition) is 0. The van der Waals surface area contributed by atoms with E-state index in [1.807, 2.05) is 31.2 Å². The van der Waals surface area contributed by atoms with Crippen LogP contribution >= 0.6 is 27.5 Å². The molecule has 3 heteroatoms. The van der Waals surface area contributed by atoms with Gasteiger partial charge < -0.3 is 0 Å². The van der Waals surface area contributed by atoms with Gasteiger partial charge in [0.2, 0.25) is 0 Å². The third-order valence-electron chi connectivity index (χ3n) is 2.49. The summed E-state index contributed by atoms with van der Waals surface area (Å²) in [5, 5.41) is 0.609. The van der Waals surface area contributed by atoms with E-state index in [0.717, 1.165) is 10.0 Å². The average molecular weight is 310 g/mol. The van der Waals surface area contributed by atoms with Gasteiger partial charge in [-0.1, -0.05) is 41.4 Å². The van der Waals surface area contributed by atoms with Crippen molar-refractivity contribution in [2.45, 2.75) is 6.92 Å². The van der Waals surface area contributed by atoms with Gasteiger partial charge in [-0.25, -0.2) is 0 Å². The van der Waals surface area contributed by atoms with Crippen LogP contribution in [-0.4, -0.2) is 5.78 Å². The summed E-state index contributed by atoms with van der Waals surface area (Å²) in [4.78, 5) is 12.2. The maximum Gasteiger partial charge on any atom is 0.194 e. The molecular weight excluding hydrogens is 300 g/mol. The van der Waals surface area contributed by atoms with Crippen molar-refractivity contribution >= 4 is 33.3 Å². The molecule has 0 aliphatic carbocycles. The maximum absolute atomic E-state index is 12.2. The molecule has 0 bridgehead atoms. The van der Waals surface area contributed by atoms with E-state index in [0.29, 0.717) is 16.1 Å². The van der Waals surface area contributed by atoms with Crippen LogP contribution in [0.3, 0.4) is 0 Å². The number of hydrogen-bond acceptors (Lipinski definition) is 1. The molecule has 0 N–H and O–H groups in total. The van der Waals surface area contributed by atoms with E-state index in [1.165, 1.54) is 0 Å². The van der Waals surface area contributed by atoms with Crippen LogP contribution in [0.2, 0.25) is 5.02 Å². The predicted molar refractivity (Wildman–Crippen MR) is 73.8 cm³/mol. The van der Waals surface area contributed by atoms with E-state index in [2.05, 4.69) is 15.9 Å². The molecule has 86 valence electrons. The van der Waals surface area contributed by atoms with Crippen LogP contribution in [0.25, 0.3) is 0 Å². The number of carbonyl (C=O) groups excluding carboxylic acids is 1. The molecule has 2 aromatic rings. The van der Waals surface area contributed by atoms with Crippen molar-refractivity contribution in [2.24, 2.45) is 0 Å². The van der Waals surface area contributed by atoms with Crippen molar-refractivity contribution in [1.29, 1.82) is 0 Å². The largest absolute Gasteiger partial charge is 0.289 e. The lowest BCUT2D eigenvalue weighted by molar-refractivity contribution is 0.103. The van der Waals surface area contributed by atoms with Gasteiger partial charge in [0.15, 0.2) is 5.78 Å². The highest BCUT2D eigenvalue weighted by Gasteiger charge is 2.12. The number of aryl methyl sites for hydroxylation is 1. The first-order valence-electron chi connectivity index (χ1n) is 5.14. The lowest BCUT2D eigenvalue weighted by Gasteiger charge is -2.04. The number of benzene rings is 2. The Bertz CT molecular complexity index is 561. The Hall–Kier alpha value is -1.12. The molecule has 0 aliphatic rings. The molecule has 0 saturated heterocycles. The zero-order valence-corrected chi connectivity index (χ0v) is 11.5. The summed E-state index contributed by atoms with van der Waals surface area (Å²) in [6.07, 6.45) is 0. The fourth-order valence-electron chi connectivity index (χ4n) is 1.53. The third-order valence-corrected chi connectivity index (χ3v) is 3.38. The zero-order chi connectivity index (χ0) is 12.4. The van der Waals surface area contributed by atoms with Gasteiger partial charge >= 0.3 is 0 Å². The Kier molecular flexibility index (Phi) is 3.65. The first kappa shape index (κ1) is 12.3. The molecule has 0 amide bonds. The Morgan fingerprint density at radius 1 is 1.12 bits per heavy atom. The molecule has 0 aromatic heterocycles. The topological polar surface area (TPSA) is 17.1 Å². The monoisotopic (exact) mass is 308 g/mol. The highest BCUT2D eigenvalue weighted by molar-refractivity contribution is 9.10. The lowest BCUT2D eigenvalue weighted by atomic mass is 10.0. The van der Waals surface area contributed by atoms with Gasteiger partial charge in [0, 0.05) is 20.6 Å². The minimum atomic E-state index is -0.00598. The highest BCUT2D eigenvalue weighted by atomic mass is 79.9. The number of ketones is 1. The van der Waals surface area contributed by atoms with E-state index in [4.69, 9.17) is 11.6 Å². The summed E-state index contributed by atoms with van der Waals surface area (Å²) in [5.74, 6) is -0.00598. The highest BCUT2D eigenvalue weighted by Crippen LogP contribution is 2.24. The van der Waals surface area contributed by atoms with Gasteiger partial charge in [-0.15, -0.1) is 0 Å². The first-order chi connectivity index (χ1) is 8.08. The second-order valence-corrected chi connectivity index (χ2v) is 5.11. The van der Waals surface area contributed by atoms with Gasteiger partial charge in [0.05, 0.1) is 0 Å². The second kappa shape index (κ2) is 5.03. The quantitative estimate of drug-likeness (QED) is 0.738. The Labute approximate surface area is 114 Å². The summed E-state index contributed by atoms with van der Waals surface area (Å²) >= 11 is 9.20. The number of rotatable bonds is 2. The van der Waals surface area contributed by atoms with Gasteiger partial charge in [0.25, 0.3) is 0 Å². The summed E-state index contributed by atoms with van der Waals surface area (Å²) in [7, 11) is 0. The van der Waals surface area contributed by atoms with Gasteiger partial charge in [-0.05, 0) is 41.1 Å². The van der Waals surface area contributed by atoms with Crippen molar-refractivity contribution in [3.63, 3.8) is 0 Å². The molecule has 0 aliphatic heterocycles. The Morgan fingerprint density at radius 3 is 2.35 bits per heavy atom. The fraction of sp³-hybridized carbons (Fsp3) is 0.0714. The van der Waals surface area contributed by atoms with Crippen LogP contribution < -0.4 is 0 Å². The third kappa shape index (κ3) is 2.76. The van der Waals surface area contributed by atoms with E-state index in [-0.39, 0.29) is 5.78 Å². The van der Waals surface area contributed by atoms with Crippen molar-refractivity contribution in [3.8, 4) is 0 Å². The molecular formula is C14H10BrClO. The molecule has 2 aromatic carbocycles. The molecule has 2 rings (SSSR count). The van der Waals surface area contributed by atoms with Crippen molar-refractivity contribution < 1.29 is 4.79 Å². The SMILES string of the molecule is Cc1ccc(C(=O)c2ccc(Cl)cc2Br)cc1. The Balaban J connectivity index is 2.40. The smallest absolute Gasteiger partial charge is 0.194 e. The van der Waals surface area contributed by atoms with Gasteiger partial charge in [-0.2, -0.15) is 0 Å². The van der Waals surface area contributed by atoms with Gasteiger partial charge in [0.1, 0.15) is 0 Å². The predicted octanol–water partition coefficient (Wildman–Crippen LogP) is 4.64. The standard InChI is InChI=1S/C14H10BrClO/c1-9-2-4-10(5-3-9)14(17)12-7-6-11(16)8-13(12)15/h2-8H,1H3. The minimum absolute atomic E-state index is 0.00598. The fourth-order valence-corrected chi connectivity index (χ4v) is 2.40. The van der Waals surface area contributed by atoms with E-state index >= 15 is 0 Å². The first-order valence-corrected chi connectivity index (χ1v) is 6.31. The molecule has 0 saturated carbocycles. The molecule has 0 fully saturated rings. The average Bonchev–Trinajstić information content (AvgIpc) is 2.29. The van der Waals surface area contributed by atoms with Crippen LogP contribution in [0.1, 0.15) is 21.5 Å². The van der Waals surface area contributed by atoms with Crippen molar-refractivity contribution in [3.05, 3.63) is 68.7 Å². The molecule has 0 spiro atoms. The normalized spacial score (nSPS) is 10.3. The van der Waals surface area contributed by atoms with Crippen LogP contribution in [0.15, 0.2) is 46.9 Å². The van der Waals surface area contributed by atoms with Gasteiger partial charge in [-0.3, -0.25) is 4.79 Å². The molecule has 0 atom stereocenters. The van der Waals surface area contributed by atoms with E-state index in [9.17, 15) is 4.79 Å². The summed E-state index contributed by atoms with van der Waals surface area (Å²) < 4.78 is 0.718. The summed E-state index contributed by atoms with van der Waals surface area (Å²) in [5.41, 5.74) is 2.44. The van der Waals surface area contributed by atoms with Crippen LogP contribution in [0.4, 0.5) is 0 Å². The Morgan fingerprint density at radius 2 is 1.76 bits per heavy atom. The van der Waals surface area contributed by atoms with E-state index < -0.39 is 0 Å². The molecule has 0 heterocycles. The zero-order valence-electron chi connectivity index (χ0n) is 9.21. The van der Waals surface area contributed by atoms with E-state index in [1.54, 1.807) is 18.2 Å². The molecule has 1 nitrogen and oxygen atoms in total.